The Morgan fingerprint density at radius 1 is 1.31 bits per heavy atom. The molecular weight excluding hydrogens is 336 g/mol. The van der Waals surface area contributed by atoms with Gasteiger partial charge in [0.15, 0.2) is 0 Å². The maximum atomic E-state index is 12.7. The number of nitrogens with zero attached hydrogens (tertiary/aromatic N) is 2. The number of methoxy groups -OCH3 is 1. The molecule has 0 aliphatic carbocycles. The van der Waals surface area contributed by atoms with Crippen LogP contribution in [0.1, 0.15) is 24.8 Å². The van der Waals surface area contributed by atoms with Crippen LogP contribution in [0.2, 0.25) is 0 Å². The molecule has 1 atom stereocenters. The zero-order chi connectivity index (χ0) is 18.7. The number of para-hydroxylation sites is 1. The van der Waals surface area contributed by atoms with Gasteiger partial charge in [0.25, 0.3) is 0 Å². The molecule has 0 spiro atoms. The number of amides is 2. The first-order valence-electron chi connectivity index (χ1n) is 8.97. The van der Waals surface area contributed by atoms with Gasteiger partial charge in [0.1, 0.15) is 5.75 Å². The molecule has 7 heteroatoms. The number of rotatable bonds is 5. The molecule has 0 unspecified atom stereocenters. The summed E-state index contributed by atoms with van der Waals surface area (Å²) in [5.74, 6) is 0.311. The van der Waals surface area contributed by atoms with Crippen molar-refractivity contribution in [2.75, 3.05) is 33.4 Å². The maximum Gasteiger partial charge on any atom is 0.227 e. The van der Waals surface area contributed by atoms with Gasteiger partial charge in [-0.05, 0) is 18.9 Å². The number of piperidine rings is 1. The fourth-order valence-corrected chi connectivity index (χ4v) is 3.69. The molecule has 142 valence electrons. The predicted octanol–water partition coefficient (Wildman–Crippen LogP) is 0.390. The topological polar surface area (TPSA) is 90.3 Å². The summed E-state index contributed by atoms with van der Waals surface area (Å²) in [6.45, 7) is 1.36. The average Bonchev–Trinajstić information content (AvgIpc) is 3.03. The Kier molecular flexibility index (Phi) is 5.48. The third-order valence-corrected chi connectivity index (χ3v) is 5.42. The van der Waals surface area contributed by atoms with Crippen LogP contribution in [0.5, 0.6) is 5.75 Å². The average molecular weight is 362 g/mol. The molecule has 3 rings (SSSR count). The molecule has 2 N–H and O–H groups in total. The van der Waals surface area contributed by atoms with Gasteiger partial charge in [-0.3, -0.25) is 9.59 Å². The van der Waals surface area contributed by atoms with Gasteiger partial charge >= 0.3 is 0 Å². The van der Waals surface area contributed by atoms with Gasteiger partial charge in [0.05, 0.1) is 25.2 Å². The molecule has 2 heterocycles. The molecule has 2 amide bonds. The van der Waals surface area contributed by atoms with E-state index in [-0.39, 0.29) is 30.8 Å². The molecule has 2 saturated heterocycles. The van der Waals surface area contributed by atoms with Gasteiger partial charge < -0.3 is 24.7 Å². The van der Waals surface area contributed by atoms with Gasteiger partial charge in [-0.1, -0.05) is 18.2 Å². The zero-order valence-corrected chi connectivity index (χ0v) is 15.1. The number of aliphatic hydroxyl groups excluding tert-OH is 1. The summed E-state index contributed by atoms with van der Waals surface area (Å²) >= 11 is 0. The first-order chi connectivity index (χ1) is 12.5. The second-order valence-electron chi connectivity index (χ2n) is 7.19. The van der Waals surface area contributed by atoms with Crippen LogP contribution in [-0.4, -0.2) is 70.8 Å². The van der Waals surface area contributed by atoms with E-state index in [9.17, 15) is 19.8 Å². The summed E-state index contributed by atoms with van der Waals surface area (Å²) in [5.41, 5.74) is -0.166. The Labute approximate surface area is 153 Å². The van der Waals surface area contributed by atoms with Crippen LogP contribution in [-0.2, 0) is 16.1 Å². The van der Waals surface area contributed by atoms with E-state index in [0.29, 0.717) is 39.0 Å². The standard InChI is InChI=1S/C19H26N2O5/c1-26-16-5-3-2-4-14(16)11-21-12-15(10-17(21)23)18(24)20-8-6-19(25,13-22)7-9-20/h2-5,15,22,25H,6-13H2,1H3/t15-/m0/s1. The van der Waals surface area contributed by atoms with Crippen LogP contribution < -0.4 is 4.74 Å². The van der Waals surface area contributed by atoms with Crippen molar-refractivity contribution >= 4 is 11.8 Å². The Morgan fingerprint density at radius 2 is 2.00 bits per heavy atom. The molecule has 0 radical (unpaired) electrons. The second kappa shape index (κ2) is 7.63. The van der Waals surface area contributed by atoms with Gasteiger partial charge in [0.2, 0.25) is 11.8 Å². The lowest BCUT2D eigenvalue weighted by Crippen LogP contribution is -2.50. The fraction of sp³-hybridized carbons (Fsp3) is 0.579. The maximum absolute atomic E-state index is 12.7. The Bertz CT molecular complexity index is 670. The number of carbonyl (C=O) groups is 2. The number of hydrogen-bond acceptors (Lipinski definition) is 5. The molecule has 2 fully saturated rings. The molecule has 0 bridgehead atoms. The van der Waals surface area contributed by atoms with Crippen LogP contribution in [0.15, 0.2) is 24.3 Å². The molecule has 0 aromatic heterocycles. The number of benzene rings is 1. The number of aliphatic hydroxyl groups is 2. The van der Waals surface area contributed by atoms with Crippen LogP contribution in [0, 0.1) is 5.92 Å². The molecular formula is C19H26N2O5. The second-order valence-corrected chi connectivity index (χ2v) is 7.19. The third kappa shape index (κ3) is 3.83. The normalized spacial score (nSPS) is 22.6. The van der Waals surface area contributed by atoms with Crippen molar-refractivity contribution < 1.29 is 24.5 Å². The largest absolute Gasteiger partial charge is 0.496 e. The van der Waals surface area contributed by atoms with E-state index in [1.54, 1.807) is 16.9 Å². The van der Waals surface area contributed by atoms with Gasteiger partial charge in [-0.25, -0.2) is 0 Å². The summed E-state index contributed by atoms with van der Waals surface area (Å²) < 4.78 is 5.33. The Balaban J connectivity index is 1.60. The van der Waals surface area contributed by atoms with Crippen molar-refractivity contribution in [2.45, 2.75) is 31.4 Å². The van der Waals surface area contributed by atoms with Crippen molar-refractivity contribution in [1.82, 2.24) is 9.80 Å². The number of ether oxygens (including phenoxy) is 1. The number of carbonyl (C=O) groups excluding carboxylic acids is 2. The highest BCUT2D eigenvalue weighted by molar-refractivity contribution is 5.89. The van der Waals surface area contributed by atoms with Crippen molar-refractivity contribution in [2.24, 2.45) is 5.92 Å². The first kappa shape index (κ1) is 18.7. The van der Waals surface area contributed by atoms with Gasteiger partial charge in [-0.2, -0.15) is 0 Å². The lowest BCUT2D eigenvalue weighted by atomic mass is 9.91. The predicted molar refractivity (Wildman–Crippen MR) is 94.4 cm³/mol. The minimum atomic E-state index is -1.09. The van der Waals surface area contributed by atoms with Crippen molar-refractivity contribution in [3.05, 3.63) is 29.8 Å². The fourth-order valence-electron chi connectivity index (χ4n) is 3.69. The molecule has 26 heavy (non-hydrogen) atoms. The highest BCUT2D eigenvalue weighted by atomic mass is 16.5. The minimum Gasteiger partial charge on any atom is -0.496 e. The smallest absolute Gasteiger partial charge is 0.227 e. The van der Waals surface area contributed by atoms with Crippen molar-refractivity contribution in [3.8, 4) is 5.75 Å². The quantitative estimate of drug-likeness (QED) is 0.791. The summed E-state index contributed by atoms with van der Waals surface area (Å²) in [6, 6.07) is 7.55. The lowest BCUT2D eigenvalue weighted by molar-refractivity contribution is -0.141. The van der Waals surface area contributed by atoms with E-state index in [1.165, 1.54) is 0 Å². The Hall–Kier alpha value is -2.12. The SMILES string of the molecule is COc1ccccc1CN1C[C@@H](C(=O)N2CCC(O)(CO)CC2)CC1=O. The zero-order valence-electron chi connectivity index (χ0n) is 15.1. The molecule has 7 nitrogen and oxygen atoms in total. The van der Waals surface area contributed by atoms with E-state index in [4.69, 9.17) is 4.74 Å². The third-order valence-electron chi connectivity index (χ3n) is 5.42. The van der Waals surface area contributed by atoms with Crippen molar-refractivity contribution in [1.29, 1.82) is 0 Å². The Morgan fingerprint density at radius 3 is 2.65 bits per heavy atom. The van der Waals surface area contributed by atoms with E-state index in [1.807, 2.05) is 24.3 Å². The first-order valence-corrected chi connectivity index (χ1v) is 8.97. The number of hydrogen-bond donors (Lipinski definition) is 2. The lowest BCUT2D eigenvalue weighted by Gasteiger charge is -2.37. The van der Waals surface area contributed by atoms with Gasteiger partial charge in [-0.15, -0.1) is 0 Å². The number of likely N-dealkylation sites (tertiary alicyclic amines) is 2. The molecule has 0 saturated carbocycles. The summed E-state index contributed by atoms with van der Waals surface area (Å²) in [5, 5.41) is 19.3. The van der Waals surface area contributed by atoms with Crippen LogP contribution in [0.4, 0.5) is 0 Å². The highest BCUT2D eigenvalue weighted by Crippen LogP contribution is 2.28. The highest BCUT2D eigenvalue weighted by Gasteiger charge is 2.39. The van der Waals surface area contributed by atoms with Crippen molar-refractivity contribution in [3.63, 3.8) is 0 Å². The monoisotopic (exact) mass is 362 g/mol. The molecule has 2 aliphatic heterocycles. The summed E-state index contributed by atoms with van der Waals surface area (Å²) in [6.07, 6.45) is 0.941. The van der Waals surface area contributed by atoms with E-state index >= 15 is 0 Å². The minimum absolute atomic E-state index is 0.0295. The molecule has 1 aromatic rings. The van der Waals surface area contributed by atoms with E-state index in [2.05, 4.69) is 0 Å². The summed E-state index contributed by atoms with van der Waals surface area (Å²) in [4.78, 5) is 28.5. The molecule has 1 aromatic carbocycles. The van der Waals surface area contributed by atoms with Gasteiger partial charge in [0, 0.05) is 38.2 Å². The summed E-state index contributed by atoms with van der Waals surface area (Å²) in [7, 11) is 1.60. The molecule has 2 aliphatic rings. The van der Waals surface area contributed by atoms with E-state index in [0.717, 1.165) is 11.3 Å². The van der Waals surface area contributed by atoms with Crippen LogP contribution in [0.25, 0.3) is 0 Å². The van der Waals surface area contributed by atoms with Crippen LogP contribution in [0.3, 0.4) is 0 Å². The van der Waals surface area contributed by atoms with E-state index < -0.39 is 5.60 Å². The van der Waals surface area contributed by atoms with Crippen LogP contribution >= 0.6 is 0 Å².